The van der Waals surface area contributed by atoms with E-state index in [9.17, 15) is 14.0 Å². The van der Waals surface area contributed by atoms with Crippen molar-refractivity contribution in [2.24, 2.45) is 0 Å². The molecule has 3 aromatic rings. The number of hydrogen-bond donors (Lipinski definition) is 2. The van der Waals surface area contributed by atoms with Crippen LogP contribution in [0, 0.1) is 5.82 Å². The van der Waals surface area contributed by atoms with Gasteiger partial charge in [-0.3, -0.25) is 9.59 Å². The molecular formula is C23H24FN3O5S. The Kier molecular flexibility index (Phi) is 7.83. The largest absolute Gasteiger partial charge is 0.493 e. The fourth-order valence-electron chi connectivity index (χ4n) is 3.25. The van der Waals surface area contributed by atoms with Crippen LogP contribution in [0.2, 0.25) is 0 Å². The van der Waals surface area contributed by atoms with E-state index in [1.807, 2.05) is 6.07 Å². The molecule has 0 radical (unpaired) electrons. The summed E-state index contributed by atoms with van der Waals surface area (Å²) in [6.07, 6.45) is 0.591. The number of aryl methyl sites for hydroxylation is 1. The van der Waals surface area contributed by atoms with Gasteiger partial charge >= 0.3 is 0 Å². The number of rotatable bonds is 9. The number of thiazole rings is 1. The summed E-state index contributed by atoms with van der Waals surface area (Å²) in [6, 6.07) is 7.93. The number of methoxy groups -OCH3 is 3. The SMILES string of the molecule is COc1ccc(CCC(=O)Nc2nc(-c3ccc(NC(C)=O)cc3F)cs2)c(OC)c1OC. The van der Waals surface area contributed by atoms with Crippen LogP contribution < -0.4 is 24.8 Å². The summed E-state index contributed by atoms with van der Waals surface area (Å²) in [5.74, 6) is 0.467. The summed E-state index contributed by atoms with van der Waals surface area (Å²) < 4.78 is 30.5. The number of nitrogens with one attached hydrogen (secondary N) is 2. The highest BCUT2D eigenvalue weighted by molar-refractivity contribution is 7.14. The molecule has 0 aliphatic heterocycles. The zero-order valence-electron chi connectivity index (χ0n) is 18.7. The number of benzene rings is 2. The number of aromatic nitrogens is 1. The Bertz CT molecular complexity index is 1160. The molecular weight excluding hydrogens is 449 g/mol. The van der Waals surface area contributed by atoms with Gasteiger partial charge in [-0.05, 0) is 36.2 Å². The van der Waals surface area contributed by atoms with Crippen LogP contribution in [0.3, 0.4) is 0 Å². The van der Waals surface area contributed by atoms with Gasteiger partial charge in [0, 0.05) is 30.0 Å². The van der Waals surface area contributed by atoms with Crippen LogP contribution in [0.4, 0.5) is 15.2 Å². The topological polar surface area (TPSA) is 98.8 Å². The molecule has 2 N–H and O–H groups in total. The number of ether oxygens (including phenoxy) is 3. The van der Waals surface area contributed by atoms with E-state index in [4.69, 9.17) is 14.2 Å². The van der Waals surface area contributed by atoms with Gasteiger partial charge in [-0.2, -0.15) is 0 Å². The highest BCUT2D eigenvalue weighted by atomic mass is 32.1. The molecule has 0 aliphatic rings. The first kappa shape index (κ1) is 24.0. The van der Waals surface area contributed by atoms with Gasteiger partial charge in [-0.15, -0.1) is 11.3 Å². The van der Waals surface area contributed by atoms with Gasteiger partial charge in [0.25, 0.3) is 0 Å². The summed E-state index contributed by atoms with van der Waals surface area (Å²) in [5, 5.41) is 7.28. The summed E-state index contributed by atoms with van der Waals surface area (Å²) in [7, 11) is 4.59. The molecule has 0 saturated carbocycles. The molecule has 0 saturated heterocycles. The Morgan fingerprint density at radius 3 is 2.42 bits per heavy atom. The quantitative estimate of drug-likeness (QED) is 0.475. The molecule has 0 aliphatic carbocycles. The Hall–Kier alpha value is -3.66. The number of hydrogen-bond acceptors (Lipinski definition) is 7. The minimum atomic E-state index is -0.523. The zero-order valence-corrected chi connectivity index (χ0v) is 19.5. The third-order valence-electron chi connectivity index (χ3n) is 4.72. The maximum Gasteiger partial charge on any atom is 0.226 e. The van der Waals surface area contributed by atoms with Crippen LogP contribution >= 0.6 is 11.3 Å². The molecule has 3 rings (SSSR count). The highest BCUT2D eigenvalue weighted by Gasteiger charge is 2.17. The van der Waals surface area contributed by atoms with E-state index >= 15 is 0 Å². The van der Waals surface area contributed by atoms with E-state index in [2.05, 4.69) is 15.6 Å². The van der Waals surface area contributed by atoms with Crippen molar-refractivity contribution in [2.75, 3.05) is 32.0 Å². The van der Waals surface area contributed by atoms with Gasteiger partial charge in [-0.25, -0.2) is 9.37 Å². The van der Waals surface area contributed by atoms with Crippen LogP contribution in [0.5, 0.6) is 17.2 Å². The first-order valence-corrected chi connectivity index (χ1v) is 10.8. The van der Waals surface area contributed by atoms with Gasteiger partial charge in [0.1, 0.15) is 5.82 Å². The van der Waals surface area contributed by atoms with Crippen molar-refractivity contribution in [3.63, 3.8) is 0 Å². The molecule has 2 amide bonds. The monoisotopic (exact) mass is 473 g/mol. The first-order valence-electron chi connectivity index (χ1n) is 9.97. The van der Waals surface area contributed by atoms with Crippen molar-refractivity contribution < 1.29 is 28.2 Å². The zero-order chi connectivity index (χ0) is 24.0. The van der Waals surface area contributed by atoms with Crippen molar-refractivity contribution in [1.82, 2.24) is 4.98 Å². The number of carbonyl (C=O) groups excluding carboxylic acids is 2. The summed E-state index contributed by atoms with van der Waals surface area (Å²) >= 11 is 1.20. The maximum absolute atomic E-state index is 14.4. The molecule has 33 heavy (non-hydrogen) atoms. The van der Waals surface area contributed by atoms with Crippen molar-refractivity contribution in [2.45, 2.75) is 19.8 Å². The number of nitrogens with zero attached hydrogens (tertiary/aromatic N) is 1. The maximum atomic E-state index is 14.4. The lowest BCUT2D eigenvalue weighted by molar-refractivity contribution is -0.116. The van der Waals surface area contributed by atoms with E-state index in [0.29, 0.717) is 40.2 Å². The number of anilines is 2. The van der Waals surface area contributed by atoms with Gasteiger partial charge in [0.15, 0.2) is 16.6 Å². The minimum absolute atomic E-state index is 0.181. The smallest absolute Gasteiger partial charge is 0.226 e. The lowest BCUT2D eigenvalue weighted by Gasteiger charge is -2.15. The normalized spacial score (nSPS) is 10.5. The molecule has 0 atom stereocenters. The summed E-state index contributed by atoms with van der Waals surface area (Å²) in [6.45, 7) is 1.35. The fourth-order valence-corrected chi connectivity index (χ4v) is 3.98. The average molecular weight is 474 g/mol. The summed E-state index contributed by atoms with van der Waals surface area (Å²) in [4.78, 5) is 27.9. The molecule has 8 nitrogen and oxygen atoms in total. The fraction of sp³-hybridized carbons (Fsp3) is 0.261. The van der Waals surface area contributed by atoms with Gasteiger partial charge in [0.2, 0.25) is 17.6 Å². The lowest BCUT2D eigenvalue weighted by Crippen LogP contribution is -2.12. The van der Waals surface area contributed by atoms with E-state index in [0.717, 1.165) is 5.56 Å². The summed E-state index contributed by atoms with van der Waals surface area (Å²) in [5.41, 5.74) is 1.82. The van der Waals surface area contributed by atoms with Crippen LogP contribution in [-0.4, -0.2) is 38.1 Å². The van der Waals surface area contributed by atoms with E-state index in [1.165, 1.54) is 51.7 Å². The van der Waals surface area contributed by atoms with Gasteiger partial charge in [-0.1, -0.05) is 6.07 Å². The van der Waals surface area contributed by atoms with E-state index in [-0.39, 0.29) is 23.8 Å². The highest BCUT2D eigenvalue weighted by Crippen LogP contribution is 2.40. The lowest BCUT2D eigenvalue weighted by atomic mass is 10.1. The second-order valence-corrected chi connectivity index (χ2v) is 7.81. The molecule has 1 aromatic heterocycles. The van der Waals surface area contributed by atoms with Crippen LogP contribution in [0.15, 0.2) is 35.7 Å². The Labute approximate surface area is 194 Å². The number of carbonyl (C=O) groups is 2. The predicted molar refractivity (Wildman–Crippen MR) is 125 cm³/mol. The number of halogens is 1. The van der Waals surface area contributed by atoms with Crippen molar-refractivity contribution >= 4 is 34.0 Å². The molecule has 10 heteroatoms. The van der Waals surface area contributed by atoms with Gasteiger partial charge in [0.05, 0.1) is 27.0 Å². The number of amides is 2. The third kappa shape index (κ3) is 5.78. The van der Waals surface area contributed by atoms with Crippen LogP contribution in [-0.2, 0) is 16.0 Å². The molecule has 0 bridgehead atoms. The van der Waals surface area contributed by atoms with E-state index in [1.54, 1.807) is 17.5 Å². The average Bonchev–Trinajstić information content (AvgIpc) is 3.24. The standard InChI is InChI=1S/C23H24FN3O5S/c1-13(28)25-15-7-8-16(17(24)11-15)18-12-33-23(26-18)27-20(29)10-6-14-5-9-19(30-2)22(32-4)21(14)31-3/h5,7-9,11-12H,6,10H2,1-4H3,(H,25,28)(H,26,27,29). The van der Waals surface area contributed by atoms with Crippen molar-refractivity contribution in [3.05, 3.63) is 47.1 Å². The molecule has 0 spiro atoms. The Morgan fingerprint density at radius 2 is 1.79 bits per heavy atom. The van der Waals surface area contributed by atoms with Crippen LogP contribution in [0.25, 0.3) is 11.3 Å². The Balaban J connectivity index is 1.66. The Morgan fingerprint density at radius 1 is 1.03 bits per heavy atom. The third-order valence-corrected chi connectivity index (χ3v) is 5.48. The van der Waals surface area contributed by atoms with Crippen molar-refractivity contribution in [3.8, 4) is 28.5 Å². The van der Waals surface area contributed by atoms with E-state index < -0.39 is 5.82 Å². The molecule has 1 heterocycles. The van der Waals surface area contributed by atoms with Gasteiger partial charge < -0.3 is 24.8 Å². The van der Waals surface area contributed by atoms with Crippen molar-refractivity contribution in [1.29, 1.82) is 0 Å². The second-order valence-electron chi connectivity index (χ2n) is 6.96. The second kappa shape index (κ2) is 10.8. The van der Waals surface area contributed by atoms with Crippen LogP contribution in [0.1, 0.15) is 18.9 Å². The molecule has 0 fully saturated rings. The first-order chi connectivity index (χ1) is 15.9. The molecule has 0 unspecified atom stereocenters. The molecule has 174 valence electrons. The molecule has 2 aromatic carbocycles. The predicted octanol–water partition coefficient (Wildman–Crippen LogP) is 4.50. The minimum Gasteiger partial charge on any atom is -0.493 e.